The Morgan fingerprint density at radius 2 is 2.35 bits per heavy atom. The topological polar surface area (TPSA) is 89.6 Å². The molecule has 1 aromatic heterocycles. The highest BCUT2D eigenvalue weighted by molar-refractivity contribution is 5.53. The lowest BCUT2D eigenvalue weighted by Crippen LogP contribution is -2.43. The summed E-state index contributed by atoms with van der Waals surface area (Å²) in [5.41, 5.74) is 5.46. The van der Waals surface area contributed by atoms with E-state index in [2.05, 4.69) is 10.3 Å². The Balaban J connectivity index is 2.03. The molecule has 2 heterocycles. The Morgan fingerprint density at radius 1 is 1.60 bits per heavy atom. The van der Waals surface area contributed by atoms with Gasteiger partial charge in [-0.25, -0.2) is 0 Å². The number of nitrogens with zero attached hydrogens (tertiary/aromatic N) is 1. The first-order valence-corrected chi connectivity index (χ1v) is 6.92. The number of aromatic nitrogens is 1. The molecule has 0 aromatic carbocycles. The molecule has 2 atom stereocenters. The molecule has 1 fully saturated rings. The molecular weight excluding hydrogens is 258 g/mol. The number of pyridine rings is 1. The van der Waals surface area contributed by atoms with Crippen molar-refractivity contribution >= 4 is 11.5 Å². The van der Waals surface area contributed by atoms with Gasteiger partial charge in [-0.2, -0.15) is 4.98 Å². The van der Waals surface area contributed by atoms with Crippen LogP contribution >= 0.6 is 0 Å². The fourth-order valence-corrected chi connectivity index (χ4v) is 2.11. The first-order chi connectivity index (χ1) is 9.40. The average molecular weight is 281 g/mol. The van der Waals surface area contributed by atoms with Gasteiger partial charge in [0.2, 0.25) is 5.88 Å². The fourth-order valence-electron chi connectivity index (χ4n) is 2.11. The molecule has 0 saturated carbocycles. The zero-order valence-corrected chi connectivity index (χ0v) is 12.2. The number of hydrogen-bond acceptors (Lipinski definition) is 6. The summed E-state index contributed by atoms with van der Waals surface area (Å²) in [5, 5.41) is 13.5. The third kappa shape index (κ3) is 3.32. The minimum Gasteiger partial charge on any atom is -0.473 e. The maximum atomic E-state index is 10.4. The maximum absolute atomic E-state index is 10.4. The normalized spacial score (nSPS) is 25.9. The second-order valence-electron chi connectivity index (χ2n) is 5.48. The molecule has 2 unspecified atom stereocenters. The smallest absolute Gasteiger partial charge is 0.239 e. The Morgan fingerprint density at radius 3 is 2.95 bits per heavy atom. The van der Waals surface area contributed by atoms with Crippen molar-refractivity contribution in [1.82, 2.24) is 4.98 Å². The second-order valence-corrected chi connectivity index (χ2v) is 5.48. The summed E-state index contributed by atoms with van der Waals surface area (Å²) in [6.07, 6.45) is 0.438. The van der Waals surface area contributed by atoms with Gasteiger partial charge in [0.15, 0.2) is 0 Å². The largest absolute Gasteiger partial charge is 0.473 e. The Kier molecular flexibility index (Phi) is 4.35. The standard InChI is InChI=1S/C14H23N3O3/c1-9(2)20-13-11(15)4-5-12(17-13)16-8-14(18)6-7-19-10(14)3/h4-5,9-10,18H,6-8,15H2,1-3H3,(H,16,17). The van der Waals surface area contributed by atoms with Crippen LogP contribution in [0.2, 0.25) is 0 Å². The van der Waals surface area contributed by atoms with Gasteiger partial charge >= 0.3 is 0 Å². The number of anilines is 2. The number of nitrogen functional groups attached to an aromatic ring is 1. The highest BCUT2D eigenvalue weighted by Crippen LogP contribution is 2.27. The van der Waals surface area contributed by atoms with Gasteiger partial charge in [-0.05, 0) is 32.9 Å². The third-order valence-corrected chi connectivity index (χ3v) is 3.47. The summed E-state index contributed by atoms with van der Waals surface area (Å²) in [7, 11) is 0. The summed E-state index contributed by atoms with van der Waals surface area (Å²) in [6, 6.07) is 3.51. The van der Waals surface area contributed by atoms with E-state index >= 15 is 0 Å². The van der Waals surface area contributed by atoms with Crippen LogP contribution in [-0.4, -0.2) is 41.1 Å². The zero-order chi connectivity index (χ0) is 14.8. The van der Waals surface area contributed by atoms with Crippen molar-refractivity contribution in [2.45, 2.75) is 45.0 Å². The first-order valence-electron chi connectivity index (χ1n) is 6.92. The fraction of sp³-hybridized carbons (Fsp3) is 0.643. The van der Waals surface area contributed by atoms with Crippen LogP contribution in [-0.2, 0) is 4.74 Å². The Labute approximate surface area is 119 Å². The van der Waals surface area contributed by atoms with E-state index in [-0.39, 0.29) is 12.2 Å². The van der Waals surface area contributed by atoms with Crippen LogP contribution in [0.25, 0.3) is 0 Å². The molecule has 1 aliphatic heterocycles. The van der Waals surface area contributed by atoms with Gasteiger partial charge in [0.25, 0.3) is 0 Å². The van der Waals surface area contributed by atoms with E-state index in [0.717, 1.165) is 0 Å². The van der Waals surface area contributed by atoms with Crippen molar-refractivity contribution in [2.24, 2.45) is 0 Å². The van der Waals surface area contributed by atoms with Gasteiger partial charge in [-0.15, -0.1) is 0 Å². The minimum atomic E-state index is -0.859. The van der Waals surface area contributed by atoms with E-state index in [1.165, 1.54) is 0 Å². The number of nitrogens with one attached hydrogen (secondary N) is 1. The second kappa shape index (κ2) is 5.85. The molecule has 112 valence electrons. The molecule has 6 heteroatoms. The van der Waals surface area contributed by atoms with Gasteiger partial charge in [-0.1, -0.05) is 0 Å². The molecule has 1 aliphatic rings. The lowest BCUT2D eigenvalue weighted by Gasteiger charge is -2.26. The van der Waals surface area contributed by atoms with Gasteiger partial charge in [0.1, 0.15) is 11.4 Å². The average Bonchev–Trinajstić information content (AvgIpc) is 2.71. The van der Waals surface area contributed by atoms with Crippen LogP contribution in [0.5, 0.6) is 5.88 Å². The number of nitrogens with two attached hydrogens (primary N) is 1. The van der Waals surface area contributed by atoms with Crippen molar-refractivity contribution < 1.29 is 14.6 Å². The van der Waals surface area contributed by atoms with Gasteiger partial charge in [0, 0.05) is 19.6 Å². The molecule has 4 N–H and O–H groups in total. The summed E-state index contributed by atoms with van der Waals surface area (Å²) in [5.74, 6) is 1.04. The number of rotatable bonds is 5. The molecule has 0 aliphatic carbocycles. The highest BCUT2D eigenvalue weighted by atomic mass is 16.5. The van der Waals surface area contributed by atoms with Crippen LogP contribution in [0.1, 0.15) is 27.2 Å². The van der Waals surface area contributed by atoms with Crippen molar-refractivity contribution in [3.05, 3.63) is 12.1 Å². The molecule has 0 radical (unpaired) electrons. The van der Waals surface area contributed by atoms with Crippen LogP contribution in [0.4, 0.5) is 11.5 Å². The van der Waals surface area contributed by atoms with Crippen molar-refractivity contribution in [3.63, 3.8) is 0 Å². The van der Waals surface area contributed by atoms with Crippen LogP contribution in [0, 0.1) is 0 Å². The number of hydrogen-bond donors (Lipinski definition) is 3. The van der Waals surface area contributed by atoms with E-state index in [9.17, 15) is 5.11 Å². The van der Waals surface area contributed by atoms with Gasteiger partial charge in [-0.3, -0.25) is 0 Å². The van der Waals surface area contributed by atoms with Crippen molar-refractivity contribution in [1.29, 1.82) is 0 Å². The summed E-state index contributed by atoms with van der Waals surface area (Å²) < 4.78 is 10.9. The van der Waals surface area contributed by atoms with Gasteiger partial charge < -0.3 is 25.6 Å². The molecule has 20 heavy (non-hydrogen) atoms. The lowest BCUT2D eigenvalue weighted by molar-refractivity contribution is -0.0176. The van der Waals surface area contributed by atoms with Gasteiger partial charge in [0.05, 0.1) is 17.9 Å². The minimum absolute atomic E-state index is 0.00693. The molecule has 0 spiro atoms. The predicted octanol–water partition coefficient (Wildman–Crippen LogP) is 1.40. The Hall–Kier alpha value is -1.53. The lowest BCUT2D eigenvalue weighted by atomic mass is 9.97. The first kappa shape index (κ1) is 14.9. The summed E-state index contributed by atoms with van der Waals surface area (Å²) in [4.78, 5) is 4.32. The number of aliphatic hydroxyl groups is 1. The third-order valence-electron chi connectivity index (χ3n) is 3.47. The highest BCUT2D eigenvalue weighted by Gasteiger charge is 2.39. The number of ether oxygens (including phenoxy) is 2. The zero-order valence-electron chi connectivity index (χ0n) is 12.2. The molecular formula is C14H23N3O3. The van der Waals surface area contributed by atoms with E-state index in [1.54, 1.807) is 12.1 Å². The van der Waals surface area contributed by atoms with E-state index < -0.39 is 5.60 Å². The molecule has 1 aromatic rings. The Bertz CT molecular complexity index is 467. The summed E-state index contributed by atoms with van der Waals surface area (Å²) in [6.45, 7) is 6.67. The molecule has 0 bridgehead atoms. The SMILES string of the molecule is CC(C)Oc1nc(NCC2(O)CCOC2C)ccc1N. The molecule has 0 amide bonds. The quantitative estimate of drug-likeness (QED) is 0.756. The molecule has 6 nitrogen and oxygen atoms in total. The predicted molar refractivity (Wildman–Crippen MR) is 77.9 cm³/mol. The monoisotopic (exact) mass is 281 g/mol. The van der Waals surface area contributed by atoms with Crippen molar-refractivity contribution in [3.8, 4) is 5.88 Å². The molecule has 2 rings (SSSR count). The van der Waals surface area contributed by atoms with Crippen LogP contribution in [0.15, 0.2) is 12.1 Å². The summed E-state index contributed by atoms with van der Waals surface area (Å²) >= 11 is 0. The van der Waals surface area contributed by atoms with E-state index in [1.807, 2.05) is 20.8 Å². The van der Waals surface area contributed by atoms with Crippen LogP contribution < -0.4 is 15.8 Å². The van der Waals surface area contributed by atoms with Crippen LogP contribution in [0.3, 0.4) is 0 Å². The van der Waals surface area contributed by atoms with E-state index in [4.69, 9.17) is 15.2 Å². The molecule has 1 saturated heterocycles. The van der Waals surface area contributed by atoms with E-state index in [0.29, 0.717) is 37.0 Å². The van der Waals surface area contributed by atoms with Crippen molar-refractivity contribution in [2.75, 3.05) is 24.2 Å². The maximum Gasteiger partial charge on any atom is 0.239 e.